The Balaban J connectivity index is 3.13. The van der Waals surface area contributed by atoms with Gasteiger partial charge >= 0.3 is 0 Å². The summed E-state index contributed by atoms with van der Waals surface area (Å²) < 4.78 is 1.80. The highest BCUT2D eigenvalue weighted by molar-refractivity contribution is 5.56. The van der Waals surface area contributed by atoms with Crippen molar-refractivity contribution in [2.75, 3.05) is 0 Å². The predicted octanol–water partition coefficient (Wildman–Crippen LogP) is 1.55. The van der Waals surface area contributed by atoms with Gasteiger partial charge in [0, 0.05) is 7.05 Å². The topological polar surface area (TPSA) is 30.7 Å². The Bertz CT molecular complexity index is 284. The summed E-state index contributed by atoms with van der Waals surface area (Å²) in [4.78, 5) is 4.26. The van der Waals surface area contributed by atoms with E-state index in [4.69, 9.17) is 0 Å². The maximum Gasteiger partial charge on any atom is 0.153 e. The van der Waals surface area contributed by atoms with E-state index in [0.717, 1.165) is 17.2 Å². The van der Waals surface area contributed by atoms with Crippen molar-refractivity contribution in [1.82, 2.24) is 14.8 Å². The summed E-state index contributed by atoms with van der Waals surface area (Å²) in [5, 5.41) is 4.14. The Labute approximate surface area is 66.8 Å². The SMILES string of the molecule is C/C=C(/C)c1nc(C)nn1C. The molecule has 1 aromatic heterocycles. The highest BCUT2D eigenvalue weighted by atomic mass is 15.3. The van der Waals surface area contributed by atoms with Crippen molar-refractivity contribution < 1.29 is 0 Å². The monoisotopic (exact) mass is 151 g/mol. The molecule has 0 unspecified atom stereocenters. The second-order valence-corrected chi connectivity index (χ2v) is 2.58. The summed E-state index contributed by atoms with van der Waals surface area (Å²) in [6.45, 7) is 5.93. The number of aryl methyl sites for hydroxylation is 2. The van der Waals surface area contributed by atoms with E-state index in [9.17, 15) is 0 Å². The zero-order valence-corrected chi connectivity index (χ0v) is 7.42. The van der Waals surface area contributed by atoms with Crippen LogP contribution in [-0.4, -0.2) is 14.8 Å². The first-order valence-corrected chi connectivity index (χ1v) is 3.66. The third-order valence-electron chi connectivity index (χ3n) is 1.65. The Morgan fingerprint density at radius 3 is 2.55 bits per heavy atom. The van der Waals surface area contributed by atoms with Gasteiger partial charge in [-0.05, 0) is 26.3 Å². The van der Waals surface area contributed by atoms with Crippen molar-refractivity contribution >= 4 is 5.57 Å². The average Bonchev–Trinajstić information content (AvgIpc) is 2.28. The molecular formula is C8H13N3. The molecule has 1 aromatic rings. The smallest absolute Gasteiger partial charge is 0.153 e. The summed E-state index contributed by atoms with van der Waals surface area (Å²) >= 11 is 0. The van der Waals surface area contributed by atoms with Crippen LogP contribution in [0.5, 0.6) is 0 Å². The minimum absolute atomic E-state index is 0.823. The van der Waals surface area contributed by atoms with Crippen molar-refractivity contribution in [1.29, 1.82) is 0 Å². The fraction of sp³-hybridized carbons (Fsp3) is 0.500. The third-order valence-corrected chi connectivity index (χ3v) is 1.65. The molecule has 0 fully saturated rings. The van der Waals surface area contributed by atoms with Crippen molar-refractivity contribution in [2.45, 2.75) is 20.8 Å². The zero-order chi connectivity index (χ0) is 8.43. The van der Waals surface area contributed by atoms with Gasteiger partial charge in [-0.1, -0.05) is 6.08 Å². The van der Waals surface area contributed by atoms with Gasteiger partial charge in [0.05, 0.1) is 0 Å². The molecule has 0 spiro atoms. The number of hydrogen-bond acceptors (Lipinski definition) is 2. The summed E-state index contributed by atoms with van der Waals surface area (Å²) in [6.07, 6.45) is 2.03. The van der Waals surface area contributed by atoms with Gasteiger partial charge in [0.15, 0.2) is 5.82 Å². The highest BCUT2D eigenvalue weighted by Crippen LogP contribution is 2.08. The van der Waals surface area contributed by atoms with E-state index < -0.39 is 0 Å². The molecule has 1 rings (SSSR count). The molecular weight excluding hydrogens is 138 g/mol. The van der Waals surface area contributed by atoms with Crippen molar-refractivity contribution in [3.8, 4) is 0 Å². The summed E-state index contributed by atoms with van der Waals surface area (Å²) in [7, 11) is 1.91. The minimum atomic E-state index is 0.823. The van der Waals surface area contributed by atoms with E-state index >= 15 is 0 Å². The van der Waals surface area contributed by atoms with Gasteiger partial charge in [-0.25, -0.2) is 9.67 Å². The first kappa shape index (κ1) is 7.98. The first-order valence-electron chi connectivity index (χ1n) is 3.66. The highest BCUT2D eigenvalue weighted by Gasteiger charge is 2.03. The van der Waals surface area contributed by atoms with Gasteiger partial charge in [-0.15, -0.1) is 0 Å². The van der Waals surface area contributed by atoms with Gasteiger partial charge in [-0.3, -0.25) is 0 Å². The van der Waals surface area contributed by atoms with Crippen LogP contribution in [0.3, 0.4) is 0 Å². The molecule has 0 atom stereocenters. The normalized spacial score (nSPS) is 12.2. The van der Waals surface area contributed by atoms with Crippen molar-refractivity contribution in [2.24, 2.45) is 7.05 Å². The molecule has 0 radical (unpaired) electrons. The third kappa shape index (κ3) is 1.48. The summed E-state index contributed by atoms with van der Waals surface area (Å²) in [6, 6.07) is 0. The van der Waals surface area contributed by atoms with E-state index in [1.807, 2.05) is 33.9 Å². The van der Waals surface area contributed by atoms with Crippen molar-refractivity contribution in [3.63, 3.8) is 0 Å². The van der Waals surface area contributed by atoms with Crippen LogP contribution in [0, 0.1) is 6.92 Å². The van der Waals surface area contributed by atoms with E-state index in [1.54, 1.807) is 4.68 Å². The van der Waals surface area contributed by atoms with E-state index in [-0.39, 0.29) is 0 Å². The Hall–Kier alpha value is -1.12. The number of nitrogens with zero attached hydrogens (tertiary/aromatic N) is 3. The molecule has 0 N–H and O–H groups in total. The molecule has 0 aliphatic rings. The molecule has 3 nitrogen and oxygen atoms in total. The quantitative estimate of drug-likeness (QED) is 0.609. The van der Waals surface area contributed by atoms with Crippen LogP contribution in [0.4, 0.5) is 0 Å². The second-order valence-electron chi connectivity index (χ2n) is 2.58. The molecule has 0 aromatic carbocycles. The summed E-state index contributed by atoms with van der Waals surface area (Å²) in [5.41, 5.74) is 1.16. The number of rotatable bonds is 1. The molecule has 0 amide bonds. The molecule has 0 saturated carbocycles. The number of aromatic nitrogens is 3. The number of allylic oxidation sites excluding steroid dienone is 2. The maximum atomic E-state index is 4.26. The fourth-order valence-electron chi connectivity index (χ4n) is 0.985. The Morgan fingerprint density at radius 1 is 1.55 bits per heavy atom. The van der Waals surface area contributed by atoms with Gasteiger partial charge < -0.3 is 0 Å². The van der Waals surface area contributed by atoms with Gasteiger partial charge in [0.2, 0.25) is 0 Å². The fourth-order valence-corrected chi connectivity index (χ4v) is 0.985. The molecule has 3 heteroatoms. The maximum absolute atomic E-state index is 4.26. The molecule has 0 bridgehead atoms. The zero-order valence-electron chi connectivity index (χ0n) is 7.42. The standard InChI is InChI=1S/C8H13N3/c1-5-6(2)8-9-7(3)10-11(8)4/h5H,1-4H3/b6-5-. The Morgan fingerprint density at radius 2 is 2.18 bits per heavy atom. The van der Waals surface area contributed by atoms with Crippen LogP contribution in [0.2, 0.25) is 0 Å². The minimum Gasteiger partial charge on any atom is -0.249 e. The van der Waals surface area contributed by atoms with Gasteiger partial charge in [0.25, 0.3) is 0 Å². The van der Waals surface area contributed by atoms with E-state index in [1.165, 1.54) is 0 Å². The van der Waals surface area contributed by atoms with Crippen LogP contribution in [0.15, 0.2) is 6.08 Å². The molecule has 0 aliphatic carbocycles. The van der Waals surface area contributed by atoms with E-state index in [2.05, 4.69) is 10.1 Å². The van der Waals surface area contributed by atoms with Crippen LogP contribution in [0.1, 0.15) is 25.5 Å². The lowest BCUT2D eigenvalue weighted by molar-refractivity contribution is 0.744. The molecule has 60 valence electrons. The van der Waals surface area contributed by atoms with E-state index in [0.29, 0.717) is 0 Å². The lowest BCUT2D eigenvalue weighted by atomic mass is 10.3. The number of hydrogen-bond donors (Lipinski definition) is 0. The van der Waals surface area contributed by atoms with Crippen LogP contribution in [0.25, 0.3) is 5.57 Å². The van der Waals surface area contributed by atoms with Crippen LogP contribution >= 0.6 is 0 Å². The predicted molar refractivity (Wildman–Crippen MR) is 45.1 cm³/mol. The second kappa shape index (κ2) is 2.86. The average molecular weight is 151 g/mol. The van der Waals surface area contributed by atoms with Gasteiger partial charge in [-0.2, -0.15) is 5.10 Å². The molecule has 11 heavy (non-hydrogen) atoms. The Kier molecular flexibility index (Phi) is 2.08. The lowest BCUT2D eigenvalue weighted by Crippen LogP contribution is -1.96. The van der Waals surface area contributed by atoms with Gasteiger partial charge in [0.1, 0.15) is 5.82 Å². The van der Waals surface area contributed by atoms with Crippen molar-refractivity contribution in [3.05, 3.63) is 17.7 Å². The van der Waals surface area contributed by atoms with Crippen LogP contribution in [-0.2, 0) is 7.05 Å². The first-order chi connectivity index (χ1) is 5.15. The largest absolute Gasteiger partial charge is 0.249 e. The molecule has 0 saturated heterocycles. The molecule has 0 aliphatic heterocycles. The molecule has 1 heterocycles. The lowest BCUT2D eigenvalue weighted by Gasteiger charge is -1.96. The van der Waals surface area contributed by atoms with Crippen LogP contribution < -0.4 is 0 Å². The summed E-state index contributed by atoms with van der Waals surface area (Å²) in [5.74, 6) is 1.77.